The first kappa shape index (κ1) is 15.8. The van der Waals surface area contributed by atoms with Crippen LogP contribution in [0.5, 0.6) is 5.75 Å². The molecule has 0 fully saturated rings. The van der Waals surface area contributed by atoms with Crippen LogP contribution in [0.15, 0.2) is 42.5 Å². The van der Waals surface area contributed by atoms with Crippen LogP contribution < -0.4 is 4.74 Å². The summed E-state index contributed by atoms with van der Waals surface area (Å²) in [6.45, 7) is 0. The summed E-state index contributed by atoms with van der Waals surface area (Å²) < 4.78 is 4.98. The number of non-ortho nitro benzene ring substituents is 2. The number of ether oxygens (including phenoxy) is 1. The van der Waals surface area contributed by atoms with E-state index in [1.54, 1.807) is 6.07 Å². The minimum absolute atomic E-state index is 0.0540. The van der Waals surface area contributed by atoms with Gasteiger partial charge in [-0.1, -0.05) is 12.1 Å². The van der Waals surface area contributed by atoms with Gasteiger partial charge in [-0.05, 0) is 12.1 Å². The minimum atomic E-state index is -1.05. The quantitative estimate of drug-likeness (QED) is 0.272. The third-order valence-electron chi connectivity index (χ3n) is 2.81. The number of aldehydes is 1. The van der Waals surface area contributed by atoms with Crippen LogP contribution in [0.4, 0.5) is 11.4 Å². The van der Waals surface area contributed by atoms with E-state index < -0.39 is 27.2 Å². The highest BCUT2D eigenvalue weighted by Crippen LogP contribution is 2.24. The van der Waals surface area contributed by atoms with Crippen LogP contribution in [0.25, 0.3) is 0 Å². The molecular weight excluding hydrogens is 308 g/mol. The Balaban J connectivity index is 2.40. The van der Waals surface area contributed by atoms with Gasteiger partial charge in [0.1, 0.15) is 5.75 Å². The number of hydrogen-bond donors (Lipinski definition) is 0. The maximum atomic E-state index is 12.0. The summed E-state index contributed by atoms with van der Waals surface area (Å²) in [5, 5.41) is 21.6. The Bertz CT molecular complexity index is 784. The Morgan fingerprint density at radius 1 is 1.00 bits per heavy atom. The highest BCUT2D eigenvalue weighted by molar-refractivity contribution is 5.94. The number of rotatable bonds is 5. The second-order valence-corrected chi connectivity index (χ2v) is 4.30. The number of nitro benzene ring substituents is 2. The molecule has 9 nitrogen and oxygen atoms in total. The summed E-state index contributed by atoms with van der Waals surface area (Å²) in [7, 11) is 0. The van der Waals surface area contributed by atoms with Gasteiger partial charge in [0.25, 0.3) is 11.4 Å². The summed E-state index contributed by atoms with van der Waals surface area (Å²) in [5.74, 6) is -1.10. The summed E-state index contributed by atoms with van der Waals surface area (Å²) >= 11 is 0. The predicted molar refractivity (Wildman–Crippen MR) is 76.5 cm³/mol. The van der Waals surface area contributed by atoms with Crippen LogP contribution in [-0.4, -0.2) is 22.1 Å². The maximum absolute atomic E-state index is 12.0. The fourth-order valence-corrected chi connectivity index (χ4v) is 1.75. The lowest BCUT2D eigenvalue weighted by molar-refractivity contribution is -0.394. The largest absolute Gasteiger partial charge is 0.422 e. The third-order valence-corrected chi connectivity index (χ3v) is 2.81. The van der Waals surface area contributed by atoms with Gasteiger partial charge in [-0.25, -0.2) is 4.79 Å². The van der Waals surface area contributed by atoms with Crippen molar-refractivity contribution in [3.05, 3.63) is 73.8 Å². The zero-order valence-corrected chi connectivity index (χ0v) is 11.4. The van der Waals surface area contributed by atoms with Gasteiger partial charge in [0, 0.05) is 12.1 Å². The molecule has 0 aliphatic heterocycles. The second-order valence-electron chi connectivity index (χ2n) is 4.30. The molecule has 0 bridgehead atoms. The van der Waals surface area contributed by atoms with Crippen molar-refractivity contribution in [2.75, 3.05) is 0 Å². The molecule has 0 unspecified atom stereocenters. The van der Waals surface area contributed by atoms with Gasteiger partial charge < -0.3 is 4.74 Å². The molecule has 0 saturated heterocycles. The topological polar surface area (TPSA) is 130 Å². The fourth-order valence-electron chi connectivity index (χ4n) is 1.75. The van der Waals surface area contributed by atoms with E-state index in [2.05, 4.69) is 0 Å². The van der Waals surface area contributed by atoms with Gasteiger partial charge in [-0.3, -0.25) is 25.0 Å². The highest BCUT2D eigenvalue weighted by Gasteiger charge is 2.21. The van der Waals surface area contributed by atoms with Gasteiger partial charge >= 0.3 is 5.97 Å². The van der Waals surface area contributed by atoms with E-state index in [4.69, 9.17) is 4.74 Å². The average Bonchev–Trinajstić information content (AvgIpc) is 2.54. The number of benzene rings is 2. The monoisotopic (exact) mass is 316 g/mol. The molecule has 2 aromatic rings. The molecule has 0 aromatic heterocycles. The van der Waals surface area contributed by atoms with Gasteiger partial charge in [0.15, 0.2) is 6.29 Å². The number of carbonyl (C=O) groups excluding carboxylic acids is 2. The molecule has 0 amide bonds. The molecule has 0 heterocycles. The number of nitrogens with zero attached hydrogens (tertiary/aromatic N) is 2. The molecule has 0 spiro atoms. The molecule has 23 heavy (non-hydrogen) atoms. The summed E-state index contributed by atoms with van der Waals surface area (Å²) in [6.07, 6.45) is 0.471. The lowest BCUT2D eigenvalue weighted by Gasteiger charge is -2.06. The summed E-state index contributed by atoms with van der Waals surface area (Å²) in [6, 6.07) is 8.29. The summed E-state index contributed by atoms with van der Waals surface area (Å²) in [4.78, 5) is 42.8. The van der Waals surface area contributed by atoms with Crippen molar-refractivity contribution in [1.29, 1.82) is 0 Å². The van der Waals surface area contributed by atoms with Crippen molar-refractivity contribution in [3.8, 4) is 5.75 Å². The number of para-hydroxylation sites is 1. The first-order valence-electron chi connectivity index (χ1n) is 6.12. The van der Waals surface area contributed by atoms with Crippen LogP contribution in [-0.2, 0) is 0 Å². The molecule has 2 rings (SSSR count). The minimum Gasteiger partial charge on any atom is -0.422 e. The summed E-state index contributed by atoms with van der Waals surface area (Å²) in [5.41, 5.74) is -1.50. The standard InChI is InChI=1S/C14H8N2O7/c17-8-9-3-1-2-4-13(9)23-14(18)10-5-11(15(19)20)7-12(6-10)16(21)22/h1-8H. The number of esters is 1. The van der Waals surface area contributed by atoms with Gasteiger partial charge in [0.05, 0.1) is 27.0 Å². The molecule has 9 heteroatoms. The van der Waals surface area contributed by atoms with Crippen LogP contribution in [0.3, 0.4) is 0 Å². The molecule has 0 N–H and O–H groups in total. The average molecular weight is 316 g/mol. The Morgan fingerprint density at radius 3 is 2.09 bits per heavy atom. The molecule has 0 atom stereocenters. The Labute approximate surface area is 128 Å². The molecule has 2 aromatic carbocycles. The first-order chi connectivity index (χ1) is 10.9. The van der Waals surface area contributed by atoms with E-state index >= 15 is 0 Å². The van der Waals surface area contributed by atoms with Crippen molar-refractivity contribution < 1.29 is 24.2 Å². The van der Waals surface area contributed by atoms with Crippen molar-refractivity contribution in [3.63, 3.8) is 0 Å². The zero-order valence-electron chi connectivity index (χ0n) is 11.4. The van der Waals surface area contributed by atoms with E-state index in [-0.39, 0.29) is 16.9 Å². The van der Waals surface area contributed by atoms with Crippen LogP contribution >= 0.6 is 0 Å². The lowest BCUT2D eigenvalue weighted by Crippen LogP contribution is -2.10. The van der Waals surface area contributed by atoms with Crippen molar-refractivity contribution in [1.82, 2.24) is 0 Å². The van der Waals surface area contributed by atoms with E-state index in [1.165, 1.54) is 18.2 Å². The van der Waals surface area contributed by atoms with Gasteiger partial charge in [-0.15, -0.1) is 0 Å². The Kier molecular flexibility index (Phi) is 4.41. The maximum Gasteiger partial charge on any atom is 0.344 e. The SMILES string of the molecule is O=Cc1ccccc1OC(=O)c1cc([N+](=O)[O-])cc([N+](=O)[O-])c1. The molecule has 0 aliphatic rings. The second kappa shape index (κ2) is 6.43. The Hall–Kier alpha value is -3.62. The molecular formula is C14H8N2O7. The highest BCUT2D eigenvalue weighted by atomic mass is 16.6. The van der Waals surface area contributed by atoms with E-state index in [1.807, 2.05) is 0 Å². The first-order valence-corrected chi connectivity index (χ1v) is 6.12. The van der Waals surface area contributed by atoms with Crippen LogP contribution in [0.1, 0.15) is 20.7 Å². The molecule has 0 radical (unpaired) electrons. The zero-order chi connectivity index (χ0) is 17.0. The molecule has 0 aliphatic carbocycles. The molecule has 0 saturated carbocycles. The van der Waals surface area contributed by atoms with Crippen molar-refractivity contribution in [2.45, 2.75) is 0 Å². The van der Waals surface area contributed by atoms with Crippen molar-refractivity contribution in [2.24, 2.45) is 0 Å². The van der Waals surface area contributed by atoms with Crippen LogP contribution in [0.2, 0.25) is 0 Å². The van der Waals surface area contributed by atoms with E-state index in [0.717, 1.165) is 18.2 Å². The van der Waals surface area contributed by atoms with Gasteiger partial charge in [0.2, 0.25) is 0 Å². The number of nitro groups is 2. The van der Waals surface area contributed by atoms with Crippen LogP contribution in [0, 0.1) is 20.2 Å². The predicted octanol–water partition coefficient (Wildman–Crippen LogP) is 2.53. The smallest absolute Gasteiger partial charge is 0.344 e. The number of hydrogen-bond acceptors (Lipinski definition) is 7. The third kappa shape index (κ3) is 3.53. The van der Waals surface area contributed by atoms with E-state index in [0.29, 0.717) is 6.29 Å². The fraction of sp³-hybridized carbons (Fsp3) is 0. The molecule has 116 valence electrons. The lowest BCUT2D eigenvalue weighted by atomic mass is 10.1. The Morgan fingerprint density at radius 2 is 1.57 bits per heavy atom. The normalized spacial score (nSPS) is 9.91. The van der Waals surface area contributed by atoms with Crippen molar-refractivity contribution >= 4 is 23.6 Å². The van der Waals surface area contributed by atoms with E-state index in [9.17, 15) is 29.8 Å². The van der Waals surface area contributed by atoms with Gasteiger partial charge in [-0.2, -0.15) is 0 Å². The number of carbonyl (C=O) groups is 2.